The third kappa shape index (κ3) is 6.99. The van der Waals surface area contributed by atoms with E-state index in [0.717, 1.165) is 81.9 Å². The summed E-state index contributed by atoms with van der Waals surface area (Å²) in [7, 11) is 0. The molecule has 1 aliphatic heterocycles. The second kappa shape index (κ2) is 16.8. The van der Waals surface area contributed by atoms with Gasteiger partial charge in [-0.15, -0.1) is 0 Å². The van der Waals surface area contributed by atoms with Crippen molar-refractivity contribution in [1.82, 2.24) is 15.0 Å². The van der Waals surface area contributed by atoms with Crippen LogP contribution in [0.2, 0.25) is 0 Å². The second-order valence-corrected chi connectivity index (χ2v) is 23.8. The van der Waals surface area contributed by atoms with Crippen LogP contribution in [-0.4, -0.2) is 45.5 Å². The fourth-order valence-corrected chi connectivity index (χ4v) is 17.1. The number of carbonyl (C=O) groups excluding carboxylic acids is 3. The molecular weight excluding hydrogens is 823 g/mol. The molecule has 2 aromatic carbocycles. The number of esters is 2. The fourth-order valence-electron chi connectivity index (χ4n) is 17.1. The summed E-state index contributed by atoms with van der Waals surface area (Å²) in [6.45, 7) is 22.0. The van der Waals surface area contributed by atoms with Crippen LogP contribution in [0.15, 0.2) is 77.3 Å². The number of benzene rings is 2. The molecule has 3 aromatic rings. The summed E-state index contributed by atoms with van der Waals surface area (Å²) in [6, 6.07) is 19.6. The number of hydrogen-bond donors (Lipinski definition) is 0. The third-order valence-corrected chi connectivity index (χ3v) is 20.7. The van der Waals surface area contributed by atoms with Crippen LogP contribution in [0.3, 0.4) is 0 Å². The molecule has 2 heterocycles. The first-order valence-corrected chi connectivity index (χ1v) is 25.8. The van der Waals surface area contributed by atoms with Crippen molar-refractivity contribution in [3.63, 3.8) is 0 Å². The van der Waals surface area contributed by atoms with E-state index < -0.39 is 5.41 Å². The number of hydrogen-bond acceptors (Lipinski definition) is 8. The number of likely N-dealkylation sites (tertiary alicyclic amines) is 1. The molecule has 6 aliphatic carbocycles. The first kappa shape index (κ1) is 45.5. The number of rotatable bonds is 10. The van der Waals surface area contributed by atoms with Gasteiger partial charge in [0.2, 0.25) is 17.6 Å². The van der Waals surface area contributed by atoms with E-state index >= 15 is 4.79 Å². The molecular formula is C57H75N3O6. The van der Waals surface area contributed by atoms with E-state index in [9.17, 15) is 9.59 Å². The number of amides is 1. The lowest BCUT2D eigenvalue weighted by atomic mass is 9.36. The summed E-state index contributed by atoms with van der Waals surface area (Å²) in [6.07, 6.45) is 13.4. The van der Waals surface area contributed by atoms with Gasteiger partial charge in [-0.25, -0.2) is 0 Å². The minimum Gasteiger partial charge on any atom is -0.462 e. The molecule has 354 valence electrons. The van der Waals surface area contributed by atoms with E-state index in [0.29, 0.717) is 66.0 Å². The number of aromatic nitrogens is 2. The predicted octanol–water partition coefficient (Wildman–Crippen LogP) is 12.4. The molecule has 1 saturated heterocycles. The highest BCUT2D eigenvalue weighted by Gasteiger charge is 2.69. The highest BCUT2D eigenvalue weighted by Crippen LogP contribution is 2.74. The van der Waals surface area contributed by atoms with Crippen LogP contribution in [0, 0.1) is 74.4 Å². The van der Waals surface area contributed by atoms with Gasteiger partial charge in [0.1, 0.15) is 18.8 Å². The average molecular weight is 898 g/mol. The minimum atomic E-state index is -0.481. The zero-order chi connectivity index (χ0) is 46.4. The molecule has 0 spiro atoms. The summed E-state index contributed by atoms with van der Waals surface area (Å²) in [5, 5.41) is 4.37. The van der Waals surface area contributed by atoms with Crippen molar-refractivity contribution in [2.45, 2.75) is 157 Å². The zero-order valence-corrected chi connectivity index (χ0v) is 40.9. The molecule has 10 rings (SSSR count). The lowest BCUT2D eigenvalue weighted by Crippen LogP contribution is -2.64. The Balaban J connectivity index is 0.837. The van der Waals surface area contributed by atoms with Crippen LogP contribution in [0.4, 0.5) is 0 Å². The number of nitrogens with zero attached hydrogens (tertiary/aromatic N) is 3. The smallest absolute Gasteiger partial charge is 0.309 e. The van der Waals surface area contributed by atoms with Crippen LogP contribution in [-0.2, 0) is 30.5 Å². The SMILES string of the molecule is C=C(C)C1CCC2(C(=O)N3CCCC3c3nc(-c4ccccc4)no3)CCC3C(CCC4C3(C)CCC3C(C)(C)C(OC(=O)C5CC(C(=O)OCc6ccccc6)C5(C)CC)CCC34C)C12. The summed E-state index contributed by atoms with van der Waals surface area (Å²) in [5.74, 6) is 3.23. The molecule has 0 bridgehead atoms. The molecule has 0 radical (unpaired) electrons. The first-order valence-electron chi connectivity index (χ1n) is 25.8. The van der Waals surface area contributed by atoms with Crippen molar-refractivity contribution in [2.75, 3.05) is 6.54 Å². The Morgan fingerprint density at radius 2 is 1.50 bits per heavy atom. The van der Waals surface area contributed by atoms with Crippen LogP contribution in [0.1, 0.15) is 156 Å². The van der Waals surface area contributed by atoms with Crippen molar-refractivity contribution >= 4 is 17.8 Å². The molecule has 7 fully saturated rings. The number of carbonyl (C=O) groups is 3. The molecule has 6 saturated carbocycles. The van der Waals surface area contributed by atoms with E-state index in [4.69, 9.17) is 19.0 Å². The molecule has 9 nitrogen and oxygen atoms in total. The highest BCUT2D eigenvalue weighted by molar-refractivity contribution is 5.85. The Kier molecular flexibility index (Phi) is 11.6. The van der Waals surface area contributed by atoms with Gasteiger partial charge in [-0.1, -0.05) is 120 Å². The van der Waals surface area contributed by atoms with Crippen LogP contribution in [0.5, 0.6) is 0 Å². The molecule has 0 N–H and O–H groups in total. The Morgan fingerprint density at radius 1 is 0.803 bits per heavy atom. The highest BCUT2D eigenvalue weighted by atomic mass is 16.5. The Morgan fingerprint density at radius 3 is 2.23 bits per heavy atom. The van der Waals surface area contributed by atoms with Crippen LogP contribution in [0.25, 0.3) is 11.4 Å². The molecule has 14 unspecified atom stereocenters. The van der Waals surface area contributed by atoms with Gasteiger partial charge < -0.3 is 18.9 Å². The Labute approximate surface area is 393 Å². The Bertz CT molecular complexity index is 2330. The van der Waals surface area contributed by atoms with Gasteiger partial charge in [-0.3, -0.25) is 14.4 Å². The Hall–Kier alpha value is -4.27. The van der Waals surface area contributed by atoms with Gasteiger partial charge >= 0.3 is 11.9 Å². The van der Waals surface area contributed by atoms with Gasteiger partial charge in [-0.2, -0.15) is 4.98 Å². The van der Waals surface area contributed by atoms with Gasteiger partial charge in [-0.05, 0) is 154 Å². The fraction of sp³-hybridized carbons (Fsp3) is 0.667. The lowest BCUT2D eigenvalue weighted by Gasteiger charge is -2.69. The normalized spacial score (nSPS) is 39.9. The molecule has 1 amide bonds. The monoisotopic (exact) mass is 898 g/mol. The van der Waals surface area contributed by atoms with E-state index in [1.807, 2.05) is 60.7 Å². The van der Waals surface area contributed by atoms with Crippen molar-refractivity contribution in [2.24, 2.45) is 74.4 Å². The quantitative estimate of drug-likeness (QED) is 0.146. The number of fused-ring (bicyclic) bond motifs is 7. The summed E-state index contributed by atoms with van der Waals surface area (Å²) >= 11 is 0. The third-order valence-electron chi connectivity index (χ3n) is 20.7. The summed E-state index contributed by atoms with van der Waals surface area (Å²) < 4.78 is 18.4. The van der Waals surface area contributed by atoms with Crippen LogP contribution >= 0.6 is 0 Å². The van der Waals surface area contributed by atoms with Crippen molar-refractivity contribution < 1.29 is 28.4 Å². The summed E-state index contributed by atoms with van der Waals surface area (Å²) in [5.41, 5.74) is 2.39. The second-order valence-electron chi connectivity index (χ2n) is 23.8. The standard InChI is InChI=1S/C57H75N3O6/c1-9-54(6)41(50(61)64-34-36-17-12-10-13-18-36)33-42(54)51(62)65-46-27-29-56(8)44(53(46,4)5)26-28-55(7)40-25-31-57(30-24-38(35(2)3)47(57)39(40)22-23-45(55)56)52(63)60-32-16-21-43(60)49-58-48(59-66-49)37-19-14-11-15-20-37/h10-15,17-20,38-47H,2,9,16,21-34H2,1,3-8H3. The van der Waals surface area contributed by atoms with Gasteiger partial charge in [0.05, 0.1) is 17.3 Å². The summed E-state index contributed by atoms with van der Waals surface area (Å²) in [4.78, 5) is 50.1. The number of allylic oxidation sites excluding steroid dienone is 1. The van der Waals surface area contributed by atoms with Gasteiger partial charge in [0.15, 0.2) is 0 Å². The van der Waals surface area contributed by atoms with Gasteiger partial charge in [0.25, 0.3) is 0 Å². The van der Waals surface area contributed by atoms with E-state index in [-0.39, 0.29) is 64.2 Å². The average Bonchev–Trinajstić information content (AvgIpc) is 4.09. The number of ether oxygens (including phenoxy) is 2. The topological polar surface area (TPSA) is 112 Å². The van der Waals surface area contributed by atoms with Crippen molar-refractivity contribution in [1.29, 1.82) is 0 Å². The maximum Gasteiger partial charge on any atom is 0.309 e. The zero-order valence-electron chi connectivity index (χ0n) is 40.9. The molecule has 66 heavy (non-hydrogen) atoms. The predicted molar refractivity (Wildman–Crippen MR) is 254 cm³/mol. The van der Waals surface area contributed by atoms with E-state index in [1.165, 1.54) is 18.4 Å². The molecule has 14 atom stereocenters. The molecule has 9 heteroatoms. The minimum absolute atomic E-state index is 0.131. The van der Waals surface area contributed by atoms with Crippen LogP contribution < -0.4 is 0 Å². The molecule has 7 aliphatic rings. The van der Waals surface area contributed by atoms with E-state index in [2.05, 4.69) is 65.1 Å². The van der Waals surface area contributed by atoms with Gasteiger partial charge in [0, 0.05) is 17.5 Å². The molecule has 1 aromatic heterocycles. The maximum atomic E-state index is 15.5. The maximum absolute atomic E-state index is 15.5. The largest absolute Gasteiger partial charge is 0.462 e. The van der Waals surface area contributed by atoms with E-state index in [1.54, 1.807) is 0 Å². The lowest BCUT2D eigenvalue weighted by molar-refractivity contribution is -0.228. The van der Waals surface area contributed by atoms with Crippen molar-refractivity contribution in [3.05, 3.63) is 84.3 Å². The van der Waals surface area contributed by atoms with Crippen molar-refractivity contribution in [3.8, 4) is 11.4 Å². The first-order chi connectivity index (χ1) is 31.6.